The SMILES string of the molecule is COc1cc(C(=O)OCCOCCN2CCN([C@H](c3ccccc3)c3ccc(Cl)cc3)CC2)cc(OC)c1OC. The van der Waals surface area contributed by atoms with Crippen LogP contribution in [0.5, 0.6) is 17.2 Å². The van der Waals surface area contributed by atoms with E-state index in [-0.39, 0.29) is 12.6 Å². The molecule has 1 atom stereocenters. The third-order valence-electron chi connectivity index (χ3n) is 6.99. The number of halogens is 1. The summed E-state index contributed by atoms with van der Waals surface area (Å²) in [5.74, 6) is 0.737. The molecule has 9 heteroatoms. The molecule has 3 aromatic rings. The van der Waals surface area contributed by atoms with Crippen LogP contribution in [0, 0.1) is 0 Å². The predicted molar refractivity (Wildman–Crippen MR) is 155 cm³/mol. The first-order valence-electron chi connectivity index (χ1n) is 13.4. The first-order valence-corrected chi connectivity index (χ1v) is 13.7. The summed E-state index contributed by atoms with van der Waals surface area (Å²) < 4.78 is 27.0. The van der Waals surface area contributed by atoms with Gasteiger partial charge in [0.15, 0.2) is 11.5 Å². The molecule has 0 radical (unpaired) electrons. The fourth-order valence-electron chi connectivity index (χ4n) is 4.91. The summed E-state index contributed by atoms with van der Waals surface area (Å²) in [7, 11) is 4.52. The van der Waals surface area contributed by atoms with Gasteiger partial charge in [-0.1, -0.05) is 54.1 Å². The van der Waals surface area contributed by atoms with Crippen LogP contribution >= 0.6 is 11.6 Å². The van der Waals surface area contributed by atoms with Crippen LogP contribution in [0.2, 0.25) is 5.02 Å². The smallest absolute Gasteiger partial charge is 0.338 e. The van der Waals surface area contributed by atoms with Crippen molar-refractivity contribution >= 4 is 17.6 Å². The number of hydrogen-bond acceptors (Lipinski definition) is 8. The van der Waals surface area contributed by atoms with Crippen molar-refractivity contribution in [3.05, 3.63) is 88.4 Å². The molecule has 0 aliphatic carbocycles. The largest absolute Gasteiger partial charge is 0.493 e. The van der Waals surface area contributed by atoms with Crippen LogP contribution < -0.4 is 14.2 Å². The number of piperazine rings is 1. The number of esters is 1. The second kappa shape index (κ2) is 14.9. The van der Waals surface area contributed by atoms with Gasteiger partial charge in [-0.05, 0) is 35.4 Å². The zero-order chi connectivity index (χ0) is 28.3. The number of rotatable bonds is 13. The third-order valence-corrected chi connectivity index (χ3v) is 7.24. The highest BCUT2D eigenvalue weighted by Crippen LogP contribution is 2.38. The molecular weight excluding hydrogens is 532 g/mol. The van der Waals surface area contributed by atoms with Gasteiger partial charge in [0, 0.05) is 37.7 Å². The van der Waals surface area contributed by atoms with Gasteiger partial charge in [-0.3, -0.25) is 9.80 Å². The van der Waals surface area contributed by atoms with Crippen LogP contribution in [-0.4, -0.2) is 89.6 Å². The molecule has 1 heterocycles. The van der Waals surface area contributed by atoms with Crippen molar-refractivity contribution in [1.82, 2.24) is 9.80 Å². The van der Waals surface area contributed by atoms with Gasteiger partial charge in [0.1, 0.15) is 6.61 Å². The number of methoxy groups -OCH3 is 3. The lowest BCUT2D eigenvalue weighted by Gasteiger charge is -2.39. The number of carbonyl (C=O) groups is 1. The van der Waals surface area contributed by atoms with Crippen molar-refractivity contribution in [2.75, 3.05) is 73.9 Å². The molecule has 8 nitrogen and oxygen atoms in total. The molecule has 0 spiro atoms. The molecule has 0 aromatic heterocycles. The standard InChI is InChI=1S/C31H37ClN2O6/c1-36-27-21-25(22-28(37-2)30(27)38-3)31(35)40-20-19-39-18-17-33-13-15-34(16-14-33)29(23-7-5-4-6-8-23)24-9-11-26(32)12-10-24/h4-12,21-22,29H,13-20H2,1-3H3/t29-/m1/s1. The zero-order valence-corrected chi connectivity index (χ0v) is 24.1. The van der Waals surface area contributed by atoms with Crippen molar-refractivity contribution in [2.24, 2.45) is 0 Å². The van der Waals surface area contributed by atoms with E-state index < -0.39 is 5.97 Å². The third kappa shape index (κ3) is 7.67. The van der Waals surface area contributed by atoms with E-state index in [1.165, 1.54) is 32.5 Å². The topological polar surface area (TPSA) is 69.7 Å². The number of ether oxygens (including phenoxy) is 5. The summed E-state index contributed by atoms with van der Waals surface area (Å²) in [5, 5.41) is 0.747. The van der Waals surface area contributed by atoms with Gasteiger partial charge in [0.25, 0.3) is 0 Å². The molecule has 0 unspecified atom stereocenters. The van der Waals surface area contributed by atoms with E-state index in [4.69, 9.17) is 35.3 Å². The van der Waals surface area contributed by atoms with Gasteiger partial charge in [-0.25, -0.2) is 4.79 Å². The van der Waals surface area contributed by atoms with Crippen LogP contribution in [0.3, 0.4) is 0 Å². The Kier molecular flexibility index (Phi) is 11.1. The second-order valence-electron chi connectivity index (χ2n) is 9.40. The number of carbonyl (C=O) groups excluding carboxylic acids is 1. The van der Waals surface area contributed by atoms with Crippen molar-refractivity contribution in [3.8, 4) is 17.2 Å². The van der Waals surface area contributed by atoms with Crippen LogP contribution in [0.1, 0.15) is 27.5 Å². The van der Waals surface area contributed by atoms with E-state index in [9.17, 15) is 4.79 Å². The highest BCUT2D eigenvalue weighted by atomic mass is 35.5. The Morgan fingerprint density at radius 3 is 2.02 bits per heavy atom. The monoisotopic (exact) mass is 568 g/mol. The molecule has 3 aromatic carbocycles. The molecule has 1 fully saturated rings. The number of nitrogens with zero attached hydrogens (tertiary/aromatic N) is 2. The van der Waals surface area contributed by atoms with E-state index in [2.05, 4.69) is 52.3 Å². The molecule has 1 aliphatic rings. The Hall–Kier alpha value is -3.30. The molecule has 4 rings (SSSR count). The first-order chi connectivity index (χ1) is 19.5. The highest BCUT2D eigenvalue weighted by molar-refractivity contribution is 6.30. The summed E-state index contributed by atoms with van der Waals surface area (Å²) in [5.41, 5.74) is 2.84. The Balaban J connectivity index is 1.20. The molecule has 0 saturated carbocycles. The summed E-state index contributed by atoms with van der Waals surface area (Å²) in [6.07, 6.45) is 0. The molecule has 0 N–H and O–H groups in total. The van der Waals surface area contributed by atoms with Gasteiger partial charge in [0.2, 0.25) is 5.75 Å². The van der Waals surface area contributed by atoms with E-state index >= 15 is 0 Å². The van der Waals surface area contributed by atoms with Gasteiger partial charge in [-0.2, -0.15) is 0 Å². The zero-order valence-electron chi connectivity index (χ0n) is 23.3. The number of hydrogen-bond donors (Lipinski definition) is 0. The lowest BCUT2D eigenvalue weighted by molar-refractivity contribution is 0.0241. The molecule has 1 aliphatic heterocycles. The molecular formula is C31H37ClN2O6. The normalized spacial score (nSPS) is 14.9. The van der Waals surface area contributed by atoms with Gasteiger partial charge in [0.05, 0.1) is 46.1 Å². The summed E-state index contributed by atoms with van der Waals surface area (Å²) in [4.78, 5) is 17.5. The molecule has 214 valence electrons. The quantitative estimate of drug-likeness (QED) is 0.212. The van der Waals surface area contributed by atoms with Crippen molar-refractivity contribution < 1.29 is 28.5 Å². The first kappa shape index (κ1) is 29.7. The van der Waals surface area contributed by atoms with Crippen LogP contribution in [-0.2, 0) is 9.47 Å². The Labute approximate surface area is 241 Å². The Morgan fingerprint density at radius 1 is 0.800 bits per heavy atom. The van der Waals surface area contributed by atoms with Crippen LogP contribution in [0.25, 0.3) is 0 Å². The average Bonchev–Trinajstić information content (AvgIpc) is 3.00. The van der Waals surface area contributed by atoms with Crippen molar-refractivity contribution in [2.45, 2.75) is 6.04 Å². The fraction of sp³-hybridized carbons (Fsp3) is 0.387. The Morgan fingerprint density at radius 2 is 1.43 bits per heavy atom. The van der Waals surface area contributed by atoms with E-state index in [1.807, 2.05) is 12.1 Å². The maximum atomic E-state index is 12.5. The maximum absolute atomic E-state index is 12.5. The van der Waals surface area contributed by atoms with Gasteiger partial charge >= 0.3 is 5.97 Å². The minimum absolute atomic E-state index is 0.156. The predicted octanol–water partition coefficient (Wildman–Crippen LogP) is 4.95. The number of benzene rings is 3. The molecule has 0 bridgehead atoms. The lowest BCUT2D eigenvalue weighted by Crippen LogP contribution is -2.48. The molecule has 40 heavy (non-hydrogen) atoms. The molecule has 0 amide bonds. The van der Waals surface area contributed by atoms with Crippen molar-refractivity contribution in [3.63, 3.8) is 0 Å². The fourth-order valence-corrected chi connectivity index (χ4v) is 5.04. The summed E-state index contributed by atoms with van der Waals surface area (Å²) >= 11 is 6.15. The Bertz CT molecular complexity index is 1190. The van der Waals surface area contributed by atoms with Crippen LogP contribution in [0.4, 0.5) is 0 Å². The second-order valence-corrected chi connectivity index (χ2v) is 9.84. The van der Waals surface area contributed by atoms with Crippen LogP contribution in [0.15, 0.2) is 66.7 Å². The minimum atomic E-state index is -0.479. The van der Waals surface area contributed by atoms with E-state index in [0.29, 0.717) is 36.0 Å². The van der Waals surface area contributed by atoms with Gasteiger partial charge < -0.3 is 23.7 Å². The van der Waals surface area contributed by atoms with Crippen molar-refractivity contribution in [1.29, 1.82) is 0 Å². The highest BCUT2D eigenvalue weighted by Gasteiger charge is 2.26. The minimum Gasteiger partial charge on any atom is -0.493 e. The van der Waals surface area contributed by atoms with Gasteiger partial charge in [-0.15, -0.1) is 0 Å². The lowest BCUT2D eigenvalue weighted by atomic mass is 9.96. The summed E-state index contributed by atoms with van der Waals surface area (Å²) in [6.45, 7) is 5.69. The maximum Gasteiger partial charge on any atom is 0.338 e. The van der Waals surface area contributed by atoms with E-state index in [0.717, 1.165) is 37.7 Å². The van der Waals surface area contributed by atoms with E-state index in [1.54, 1.807) is 12.1 Å². The summed E-state index contributed by atoms with van der Waals surface area (Å²) in [6, 6.07) is 22.1. The average molecular weight is 569 g/mol. The molecule has 1 saturated heterocycles.